The molecular formula is C7H14N2O4S2. The number of nitrogens with one attached hydrogen (secondary N) is 1. The van der Waals surface area contributed by atoms with E-state index in [4.69, 9.17) is 5.26 Å². The van der Waals surface area contributed by atoms with Crippen LogP contribution in [0.1, 0.15) is 13.3 Å². The molecule has 0 saturated heterocycles. The largest absolute Gasteiger partial charge is 0.229 e. The van der Waals surface area contributed by atoms with Gasteiger partial charge in [0.05, 0.1) is 17.6 Å². The molecule has 1 N–H and O–H groups in total. The molecule has 8 heteroatoms. The summed E-state index contributed by atoms with van der Waals surface area (Å²) in [4.78, 5) is 0. The van der Waals surface area contributed by atoms with Gasteiger partial charge in [-0.3, -0.25) is 0 Å². The van der Waals surface area contributed by atoms with Crippen LogP contribution in [0.15, 0.2) is 0 Å². The van der Waals surface area contributed by atoms with Crippen LogP contribution in [0, 0.1) is 11.3 Å². The summed E-state index contributed by atoms with van der Waals surface area (Å²) in [7, 11) is -7.00. The number of hydrogen-bond donors (Lipinski definition) is 1. The quantitative estimate of drug-likeness (QED) is 0.671. The van der Waals surface area contributed by atoms with Crippen LogP contribution < -0.4 is 4.72 Å². The normalized spacial score (nSPS) is 14.5. The molecule has 0 saturated carbocycles. The molecule has 15 heavy (non-hydrogen) atoms. The number of sulfonamides is 1. The molecule has 0 aromatic carbocycles. The van der Waals surface area contributed by atoms with Gasteiger partial charge in [0.25, 0.3) is 0 Å². The first-order chi connectivity index (χ1) is 6.70. The van der Waals surface area contributed by atoms with Crippen molar-refractivity contribution >= 4 is 19.9 Å². The summed E-state index contributed by atoms with van der Waals surface area (Å²) in [6.45, 7) is 1.66. The van der Waals surface area contributed by atoms with Crippen molar-refractivity contribution in [2.75, 3.05) is 17.8 Å². The Bertz CT molecular complexity index is 432. The monoisotopic (exact) mass is 254 g/mol. The van der Waals surface area contributed by atoms with Crippen molar-refractivity contribution in [2.45, 2.75) is 19.4 Å². The van der Waals surface area contributed by atoms with E-state index in [1.165, 1.54) is 0 Å². The van der Waals surface area contributed by atoms with Gasteiger partial charge in [-0.1, -0.05) is 6.92 Å². The Morgan fingerprint density at radius 3 is 2.13 bits per heavy atom. The molecule has 0 aromatic heterocycles. The van der Waals surface area contributed by atoms with Crippen molar-refractivity contribution in [3.8, 4) is 6.07 Å². The van der Waals surface area contributed by atoms with Crippen LogP contribution in [0.25, 0.3) is 0 Å². The highest BCUT2D eigenvalue weighted by Gasteiger charge is 2.18. The Hall–Kier alpha value is -0.650. The summed E-state index contributed by atoms with van der Waals surface area (Å²) in [5.74, 6) is -0.950. The summed E-state index contributed by atoms with van der Waals surface area (Å²) >= 11 is 0. The number of nitriles is 1. The molecular weight excluding hydrogens is 240 g/mol. The third-order valence-electron chi connectivity index (χ3n) is 1.61. The third kappa shape index (κ3) is 7.30. The molecule has 1 unspecified atom stereocenters. The molecule has 0 aliphatic heterocycles. The second kappa shape index (κ2) is 5.44. The van der Waals surface area contributed by atoms with E-state index in [1.807, 2.05) is 0 Å². The molecule has 0 fully saturated rings. The van der Waals surface area contributed by atoms with Crippen molar-refractivity contribution < 1.29 is 16.8 Å². The van der Waals surface area contributed by atoms with Gasteiger partial charge in [0.1, 0.15) is 15.9 Å². The van der Waals surface area contributed by atoms with Crippen LogP contribution >= 0.6 is 0 Å². The van der Waals surface area contributed by atoms with Crippen LogP contribution in [0.2, 0.25) is 0 Å². The Morgan fingerprint density at radius 2 is 1.80 bits per heavy atom. The van der Waals surface area contributed by atoms with Gasteiger partial charge in [-0.25, -0.2) is 16.8 Å². The van der Waals surface area contributed by atoms with E-state index >= 15 is 0 Å². The van der Waals surface area contributed by atoms with Gasteiger partial charge in [-0.2, -0.15) is 9.98 Å². The first-order valence-electron chi connectivity index (χ1n) is 4.27. The van der Waals surface area contributed by atoms with Gasteiger partial charge in [-0.05, 0) is 6.42 Å². The van der Waals surface area contributed by atoms with Crippen LogP contribution in [0.4, 0.5) is 0 Å². The molecule has 0 aliphatic rings. The predicted octanol–water partition coefficient (Wildman–Crippen LogP) is -0.747. The summed E-state index contributed by atoms with van der Waals surface area (Å²) < 4.78 is 46.2. The number of sulfone groups is 1. The molecule has 0 bridgehead atoms. The topological polar surface area (TPSA) is 104 Å². The smallest absolute Gasteiger partial charge is 0.213 e. The predicted molar refractivity (Wildman–Crippen MR) is 56.3 cm³/mol. The van der Waals surface area contributed by atoms with Crippen molar-refractivity contribution in [3.05, 3.63) is 0 Å². The molecule has 1 atom stereocenters. The van der Waals surface area contributed by atoms with E-state index < -0.39 is 37.4 Å². The summed E-state index contributed by atoms with van der Waals surface area (Å²) in [5, 5.41) is 8.52. The van der Waals surface area contributed by atoms with E-state index in [2.05, 4.69) is 4.72 Å². The zero-order chi connectivity index (χ0) is 12.1. The third-order valence-corrected chi connectivity index (χ3v) is 4.20. The van der Waals surface area contributed by atoms with E-state index in [0.717, 1.165) is 6.26 Å². The maximum atomic E-state index is 11.3. The minimum Gasteiger partial charge on any atom is -0.229 e. The zero-order valence-electron chi connectivity index (χ0n) is 8.60. The molecule has 0 rings (SSSR count). The first kappa shape index (κ1) is 14.3. The number of nitrogens with zero attached hydrogens (tertiary/aromatic N) is 1. The van der Waals surface area contributed by atoms with Crippen molar-refractivity contribution in [2.24, 2.45) is 0 Å². The summed E-state index contributed by atoms with van der Waals surface area (Å²) in [6.07, 6.45) is 1.30. The van der Waals surface area contributed by atoms with E-state index in [0.29, 0.717) is 6.42 Å². The van der Waals surface area contributed by atoms with Crippen LogP contribution in [-0.4, -0.2) is 40.6 Å². The van der Waals surface area contributed by atoms with Gasteiger partial charge in [0.15, 0.2) is 0 Å². The highest BCUT2D eigenvalue weighted by atomic mass is 32.2. The maximum Gasteiger partial charge on any atom is 0.213 e. The fourth-order valence-electron chi connectivity index (χ4n) is 0.738. The van der Waals surface area contributed by atoms with E-state index in [1.54, 1.807) is 13.0 Å². The fraction of sp³-hybridized carbons (Fsp3) is 0.857. The SMILES string of the molecule is CCC(C#N)NS(=O)(=O)CCS(C)(=O)=O. The van der Waals surface area contributed by atoms with Gasteiger partial charge in [0, 0.05) is 6.26 Å². The second-order valence-corrected chi connectivity index (χ2v) is 7.29. The molecule has 0 amide bonds. The zero-order valence-corrected chi connectivity index (χ0v) is 10.2. The molecule has 6 nitrogen and oxygen atoms in total. The Kier molecular flexibility index (Phi) is 5.20. The maximum absolute atomic E-state index is 11.3. The molecule has 88 valence electrons. The van der Waals surface area contributed by atoms with Crippen molar-refractivity contribution in [1.82, 2.24) is 4.72 Å². The fourth-order valence-corrected chi connectivity index (χ4v) is 3.60. The van der Waals surface area contributed by atoms with E-state index in [9.17, 15) is 16.8 Å². The molecule has 0 radical (unpaired) electrons. The van der Waals surface area contributed by atoms with Crippen LogP contribution in [-0.2, 0) is 19.9 Å². The molecule has 0 spiro atoms. The molecule has 0 heterocycles. The lowest BCUT2D eigenvalue weighted by atomic mass is 10.3. The Labute approximate surface area is 90.3 Å². The Balaban J connectivity index is 4.40. The van der Waals surface area contributed by atoms with Gasteiger partial charge >= 0.3 is 0 Å². The lowest BCUT2D eigenvalue weighted by Crippen LogP contribution is -2.36. The summed E-state index contributed by atoms with van der Waals surface area (Å²) in [5.41, 5.74) is 0. The lowest BCUT2D eigenvalue weighted by molar-refractivity contribution is 0.568. The lowest BCUT2D eigenvalue weighted by Gasteiger charge is -2.09. The number of rotatable bonds is 6. The van der Waals surface area contributed by atoms with Crippen molar-refractivity contribution in [3.63, 3.8) is 0 Å². The average Bonchev–Trinajstić information content (AvgIpc) is 2.10. The van der Waals surface area contributed by atoms with Gasteiger partial charge in [-0.15, -0.1) is 0 Å². The summed E-state index contributed by atoms with van der Waals surface area (Å²) in [6, 6.07) is 0.969. The highest BCUT2D eigenvalue weighted by molar-refractivity contribution is 7.93. The minimum absolute atomic E-state index is 0.342. The Morgan fingerprint density at radius 1 is 1.27 bits per heavy atom. The van der Waals surface area contributed by atoms with E-state index in [-0.39, 0.29) is 0 Å². The highest BCUT2D eigenvalue weighted by Crippen LogP contribution is 1.95. The van der Waals surface area contributed by atoms with Crippen molar-refractivity contribution in [1.29, 1.82) is 5.26 Å². The number of hydrogen-bond acceptors (Lipinski definition) is 5. The van der Waals surface area contributed by atoms with Crippen LogP contribution in [0.5, 0.6) is 0 Å². The van der Waals surface area contributed by atoms with Gasteiger partial charge in [0.2, 0.25) is 10.0 Å². The molecule has 0 aliphatic carbocycles. The van der Waals surface area contributed by atoms with Crippen LogP contribution in [0.3, 0.4) is 0 Å². The molecule has 0 aromatic rings. The van der Waals surface area contributed by atoms with Gasteiger partial charge < -0.3 is 0 Å². The standard InChI is InChI=1S/C7H14N2O4S2/c1-3-7(6-8)9-15(12,13)5-4-14(2,10)11/h7,9H,3-5H2,1-2H3. The second-order valence-electron chi connectivity index (χ2n) is 3.16. The first-order valence-corrected chi connectivity index (χ1v) is 7.99. The average molecular weight is 254 g/mol. The minimum atomic E-state index is -3.69.